The lowest BCUT2D eigenvalue weighted by Gasteiger charge is -2.13. The van der Waals surface area contributed by atoms with Crippen LogP contribution >= 0.6 is 11.8 Å². The van der Waals surface area contributed by atoms with Crippen molar-refractivity contribution in [3.63, 3.8) is 0 Å². The van der Waals surface area contributed by atoms with Crippen molar-refractivity contribution in [2.24, 2.45) is 0 Å². The van der Waals surface area contributed by atoms with E-state index in [1.165, 1.54) is 17.3 Å². The minimum absolute atomic E-state index is 0.0892. The zero-order valence-electron chi connectivity index (χ0n) is 20.0. The van der Waals surface area contributed by atoms with Crippen LogP contribution in [0.25, 0.3) is 5.69 Å². The highest BCUT2D eigenvalue weighted by molar-refractivity contribution is 7.99. The third kappa shape index (κ3) is 6.19. The smallest absolute Gasteiger partial charge is 0.251 e. The Balaban J connectivity index is 1.41. The Bertz CT molecular complexity index is 1330. The van der Waals surface area contributed by atoms with Gasteiger partial charge in [0.05, 0.1) is 5.75 Å². The number of imidazole rings is 1. The van der Waals surface area contributed by atoms with E-state index in [2.05, 4.69) is 27.8 Å². The maximum absolute atomic E-state index is 12.7. The van der Waals surface area contributed by atoms with E-state index in [1.54, 1.807) is 12.3 Å². The van der Waals surface area contributed by atoms with Gasteiger partial charge in [-0.3, -0.25) is 14.2 Å². The summed E-state index contributed by atoms with van der Waals surface area (Å²) in [7, 11) is 0. The first-order valence-electron chi connectivity index (χ1n) is 11.4. The summed E-state index contributed by atoms with van der Waals surface area (Å²) >= 11 is 1.35. The molecular formula is C28H28N4O2S. The predicted octanol–water partition coefficient (Wildman–Crippen LogP) is 5.46. The molecule has 0 aliphatic rings. The van der Waals surface area contributed by atoms with Gasteiger partial charge in [0.1, 0.15) is 0 Å². The SMILES string of the molecule is Cc1cc(C)c(NC(=O)CSc2nccn2-c2cccc(C(=O)NCc3ccccc3)c2)c(C)c1. The van der Waals surface area contributed by atoms with E-state index in [1.807, 2.05) is 80.1 Å². The number of benzene rings is 3. The fourth-order valence-electron chi connectivity index (χ4n) is 3.95. The van der Waals surface area contributed by atoms with Crippen molar-refractivity contribution in [1.29, 1.82) is 0 Å². The summed E-state index contributed by atoms with van der Waals surface area (Å²) in [5.41, 5.74) is 6.53. The number of carbonyl (C=O) groups is 2. The molecule has 1 aromatic heterocycles. The average Bonchev–Trinajstić information content (AvgIpc) is 3.33. The van der Waals surface area contributed by atoms with Crippen molar-refractivity contribution in [3.05, 3.63) is 107 Å². The second-order valence-electron chi connectivity index (χ2n) is 8.41. The van der Waals surface area contributed by atoms with Gasteiger partial charge >= 0.3 is 0 Å². The van der Waals surface area contributed by atoms with E-state index in [0.29, 0.717) is 17.3 Å². The number of aromatic nitrogens is 2. The zero-order valence-corrected chi connectivity index (χ0v) is 20.9. The molecule has 0 unspecified atom stereocenters. The van der Waals surface area contributed by atoms with Crippen LogP contribution in [0.4, 0.5) is 5.69 Å². The number of nitrogens with one attached hydrogen (secondary N) is 2. The average molecular weight is 485 g/mol. The molecule has 3 aromatic carbocycles. The van der Waals surface area contributed by atoms with E-state index < -0.39 is 0 Å². The molecule has 35 heavy (non-hydrogen) atoms. The molecule has 0 bridgehead atoms. The molecule has 2 N–H and O–H groups in total. The van der Waals surface area contributed by atoms with Gasteiger partial charge in [-0.15, -0.1) is 0 Å². The summed E-state index contributed by atoms with van der Waals surface area (Å²) in [5.74, 6) is -0.0111. The summed E-state index contributed by atoms with van der Waals surface area (Å²) in [6, 6.07) is 21.3. The molecule has 178 valence electrons. The predicted molar refractivity (Wildman–Crippen MR) is 141 cm³/mol. The minimum atomic E-state index is -0.145. The fraction of sp³-hybridized carbons (Fsp3) is 0.179. The topological polar surface area (TPSA) is 76.0 Å². The number of amides is 2. The standard InChI is InChI=1S/C28H28N4O2S/c1-19-14-20(2)26(21(3)15-19)31-25(33)18-35-28-29-12-13-32(28)24-11-7-10-23(16-24)27(34)30-17-22-8-5-4-6-9-22/h4-16H,17-18H2,1-3H3,(H,30,34)(H,31,33). The van der Waals surface area contributed by atoms with Gasteiger partial charge in [-0.25, -0.2) is 4.98 Å². The molecule has 0 aliphatic heterocycles. The van der Waals surface area contributed by atoms with Crippen molar-refractivity contribution >= 4 is 29.3 Å². The molecule has 0 fully saturated rings. The van der Waals surface area contributed by atoms with Crippen LogP contribution in [-0.2, 0) is 11.3 Å². The summed E-state index contributed by atoms with van der Waals surface area (Å²) in [5, 5.41) is 6.67. The molecule has 6 nitrogen and oxygen atoms in total. The largest absolute Gasteiger partial charge is 0.348 e. The molecule has 0 atom stereocenters. The summed E-state index contributed by atoms with van der Waals surface area (Å²) in [6.07, 6.45) is 3.52. The first-order chi connectivity index (χ1) is 16.9. The Labute approximate surface area is 209 Å². The van der Waals surface area contributed by atoms with Gasteiger partial charge in [-0.2, -0.15) is 0 Å². The molecule has 7 heteroatoms. The number of carbonyl (C=O) groups excluding carboxylic acids is 2. The van der Waals surface area contributed by atoms with Gasteiger partial charge in [0.2, 0.25) is 5.91 Å². The van der Waals surface area contributed by atoms with Gasteiger partial charge in [0.15, 0.2) is 5.16 Å². The Kier molecular flexibility index (Phi) is 7.67. The third-order valence-corrected chi connectivity index (χ3v) is 6.53. The van der Waals surface area contributed by atoms with Crippen LogP contribution in [0.1, 0.15) is 32.6 Å². The van der Waals surface area contributed by atoms with Crippen molar-refractivity contribution in [1.82, 2.24) is 14.9 Å². The molecule has 0 saturated carbocycles. The lowest BCUT2D eigenvalue weighted by molar-refractivity contribution is -0.113. The summed E-state index contributed by atoms with van der Waals surface area (Å²) < 4.78 is 1.88. The molecule has 2 amide bonds. The van der Waals surface area contributed by atoms with Gasteiger partial charge in [0.25, 0.3) is 5.91 Å². The van der Waals surface area contributed by atoms with Crippen LogP contribution in [-0.4, -0.2) is 27.1 Å². The molecule has 1 heterocycles. The van der Waals surface area contributed by atoms with E-state index in [9.17, 15) is 9.59 Å². The Morgan fingerprint density at radius 3 is 2.43 bits per heavy atom. The van der Waals surface area contributed by atoms with Crippen LogP contribution in [0.2, 0.25) is 0 Å². The summed E-state index contributed by atoms with van der Waals surface area (Å²) in [6.45, 7) is 6.51. The summed E-state index contributed by atoms with van der Waals surface area (Å²) in [4.78, 5) is 29.8. The van der Waals surface area contributed by atoms with Crippen molar-refractivity contribution < 1.29 is 9.59 Å². The molecule has 4 rings (SSSR count). The van der Waals surface area contributed by atoms with E-state index in [-0.39, 0.29) is 17.6 Å². The second-order valence-corrected chi connectivity index (χ2v) is 9.35. The number of aryl methyl sites for hydroxylation is 3. The maximum atomic E-state index is 12.7. The number of rotatable bonds is 8. The van der Waals surface area contributed by atoms with Crippen LogP contribution in [0.15, 0.2) is 84.3 Å². The van der Waals surface area contributed by atoms with Crippen LogP contribution < -0.4 is 10.6 Å². The molecule has 0 aliphatic carbocycles. The zero-order chi connectivity index (χ0) is 24.8. The Morgan fingerprint density at radius 2 is 1.69 bits per heavy atom. The fourth-order valence-corrected chi connectivity index (χ4v) is 4.73. The third-order valence-electron chi connectivity index (χ3n) is 5.56. The Morgan fingerprint density at radius 1 is 0.943 bits per heavy atom. The van der Waals surface area contributed by atoms with Crippen molar-refractivity contribution in [2.45, 2.75) is 32.5 Å². The van der Waals surface area contributed by atoms with E-state index in [0.717, 1.165) is 28.1 Å². The number of hydrogen-bond donors (Lipinski definition) is 2. The van der Waals surface area contributed by atoms with Crippen LogP contribution in [0.5, 0.6) is 0 Å². The molecule has 0 radical (unpaired) electrons. The molecule has 4 aromatic rings. The first kappa shape index (κ1) is 24.3. The van der Waals surface area contributed by atoms with Crippen molar-refractivity contribution in [3.8, 4) is 5.69 Å². The van der Waals surface area contributed by atoms with Gasteiger partial charge in [0, 0.05) is 35.9 Å². The number of nitrogens with zero attached hydrogens (tertiary/aromatic N) is 2. The molecule has 0 spiro atoms. The highest BCUT2D eigenvalue weighted by atomic mass is 32.2. The number of anilines is 1. The van der Waals surface area contributed by atoms with E-state index in [4.69, 9.17) is 0 Å². The lowest BCUT2D eigenvalue weighted by Crippen LogP contribution is -2.22. The van der Waals surface area contributed by atoms with E-state index >= 15 is 0 Å². The number of thioether (sulfide) groups is 1. The quantitative estimate of drug-likeness (QED) is 0.326. The molecular weight excluding hydrogens is 456 g/mol. The number of hydrogen-bond acceptors (Lipinski definition) is 4. The Hall–Kier alpha value is -3.84. The second kappa shape index (κ2) is 11.1. The normalized spacial score (nSPS) is 10.7. The van der Waals surface area contributed by atoms with Crippen LogP contribution in [0, 0.1) is 20.8 Å². The van der Waals surface area contributed by atoms with Gasteiger partial charge in [-0.1, -0.05) is 65.9 Å². The maximum Gasteiger partial charge on any atom is 0.251 e. The lowest BCUT2D eigenvalue weighted by atomic mass is 10.1. The minimum Gasteiger partial charge on any atom is -0.348 e. The first-order valence-corrected chi connectivity index (χ1v) is 12.4. The highest BCUT2D eigenvalue weighted by Crippen LogP contribution is 2.24. The monoisotopic (exact) mass is 484 g/mol. The van der Waals surface area contributed by atoms with Crippen molar-refractivity contribution in [2.75, 3.05) is 11.1 Å². The van der Waals surface area contributed by atoms with Crippen LogP contribution in [0.3, 0.4) is 0 Å². The molecule has 0 saturated heterocycles. The highest BCUT2D eigenvalue weighted by Gasteiger charge is 2.13. The van der Waals surface area contributed by atoms with Gasteiger partial charge < -0.3 is 10.6 Å². The van der Waals surface area contributed by atoms with Gasteiger partial charge in [-0.05, 0) is 55.7 Å².